The van der Waals surface area contributed by atoms with Crippen molar-refractivity contribution in [2.24, 2.45) is 5.73 Å². The van der Waals surface area contributed by atoms with Crippen molar-refractivity contribution < 1.29 is 4.74 Å². The van der Waals surface area contributed by atoms with Crippen LogP contribution in [0.5, 0.6) is 0 Å². The second-order valence-electron chi connectivity index (χ2n) is 5.14. The lowest BCUT2D eigenvalue weighted by atomic mass is 10.1. The quantitative estimate of drug-likeness (QED) is 0.741. The number of aromatic nitrogens is 2. The average molecular weight is 288 g/mol. The third kappa shape index (κ3) is 5.21. The van der Waals surface area contributed by atoms with E-state index in [0.29, 0.717) is 13.2 Å². The highest BCUT2D eigenvalue weighted by atomic mass is 16.5. The summed E-state index contributed by atoms with van der Waals surface area (Å²) in [7, 11) is 1.72. The first-order chi connectivity index (χ1) is 10.3. The van der Waals surface area contributed by atoms with Gasteiger partial charge in [-0.05, 0) is 24.9 Å². The highest BCUT2D eigenvalue weighted by molar-refractivity contribution is 5.39. The first-order valence-electron chi connectivity index (χ1n) is 7.33. The Kier molecular flexibility index (Phi) is 6.24. The number of methoxy groups -OCH3 is 1. The first-order valence-corrected chi connectivity index (χ1v) is 7.33. The van der Waals surface area contributed by atoms with Crippen LogP contribution < -0.4 is 11.1 Å². The zero-order valence-corrected chi connectivity index (χ0v) is 12.5. The summed E-state index contributed by atoms with van der Waals surface area (Å²) in [5.74, 6) is 0. The number of nitrogens with one attached hydrogen (secondary N) is 1. The fourth-order valence-electron chi connectivity index (χ4n) is 2.29. The average Bonchev–Trinajstić information content (AvgIpc) is 2.93. The van der Waals surface area contributed by atoms with Crippen LogP contribution in [0.3, 0.4) is 0 Å². The van der Waals surface area contributed by atoms with Gasteiger partial charge in [0.15, 0.2) is 0 Å². The molecule has 0 spiro atoms. The Bertz CT molecular complexity index is 512. The van der Waals surface area contributed by atoms with Gasteiger partial charge >= 0.3 is 0 Å². The van der Waals surface area contributed by atoms with E-state index in [9.17, 15) is 0 Å². The molecule has 2 rings (SSSR count). The lowest BCUT2D eigenvalue weighted by Gasteiger charge is -2.17. The maximum Gasteiger partial charge on any atom is 0.0729 e. The van der Waals surface area contributed by atoms with Crippen molar-refractivity contribution in [3.05, 3.63) is 48.3 Å². The van der Waals surface area contributed by atoms with Crippen molar-refractivity contribution in [2.45, 2.75) is 25.4 Å². The monoisotopic (exact) mass is 288 g/mol. The molecule has 0 bridgehead atoms. The first kappa shape index (κ1) is 15.5. The van der Waals surface area contributed by atoms with Crippen molar-refractivity contribution in [1.82, 2.24) is 9.78 Å². The van der Waals surface area contributed by atoms with E-state index in [1.807, 2.05) is 35.3 Å². The summed E-state index contributed by atoms with van der Waals surface area (Å²) in [6, 6.07) is 10.6. The van der Waals surface area contributed by atoms with Gasteiger partial charge in [0, 0.05) is 19.3 Å². The van der Waals surface area contributed by atoms with Crippen LogP contribution >= 0.6 is 0 Å². The summed E-state index contributed by atoms with van der Waals surface area (Å²) < 4.78 is 7.18. The van der Waals surface area contributed by atoms with Crippen LogP contribution in [0, 0.1) is 0 Å². The second kappa shape index (κ2) is 8.44. The smallest absolute Gasteiger partial charge is 0.0729 e. The number of nitrogens with zero attached hydrogens (tertiary/aromatic N) is 2. The van der Waals surface area contributed by atoms with Gasteiger partial charge in [0.05, 0.1) is 25.0 Å². The molecular weight excluding hydrogens is 264 g/mol. The van der Waals surface area contributed by atoms with Crippen LogP contribution in [-0.4, -0.2) is 36.1 Å². The number of hydrogen-bond donors (Lipinski definition) is 2. The Morgan fingerprint density at radius 3 is 2.86 bits per heavy atom. The minimum Gasteiger partial charge on any atom is -0.383 e. The molecule has 0 aliphatic heterocycles. The fraction of sp³-hybridized carbons (Fsp3) is 0.438. The molecule has 1 atom stereocenters. The lowest BCUT2D eigenvalue weighted by Crippen LogP contribution is -2.25. The summed E-state index contributed by atoms with van der Waals surface area (Å²) in [6.07, 6.45) is 5.86. The predicted octanol–water partition coefficient (Wildman–Crippen LogP) is 2.10. The Morgan fingerprint density at radius 1 is 1.33 bits per heavy atom. The van der Waals surface area contributed by atoms with Gasteiger partial charge in [0.1, 0.15) is 0 Å². The Labute approximate surface area is 126 Å². The van der Waals surface area contributed by atoms with E-state index in [4.69, 9.17) is 10.5 Å². The van der Waals surface area contributed by atoms with E-state index in [0.717, 1.165) is 25.1 Å². The summed E-state index contributed by atoms with van der Waals surface area (Å²) >= 11 is 0. The standard InChI is InChI=1S/C16H24N4O/c1-21-13-15(8-5-9-17)19-16-10-18-20(12-16)11-14-6-3-2-4-7-14/h2-4,6-7,10,12,15,19H,5,8-9,11,13,17H2,1H3. The third-order valence-electron chi connectivity index (χ3n) is 3.32. The summed E-state index contributed by atoms with van der Waals surface area (Å²) in [4.78, 5) is 0. The number of hydrogen-bond acceptors (Lipinski definition) is 4. The molecule has 0 saturated carbocycles. The van der Waals surface area contributed by atoms with Crippen LogP contribution in [0.4, 0.5) is 5.69 Å². The summed E-state index contributed by atoms with van der Waals surface area (Å²) in [6.45, 7) is 2.15. The van der Waals surface area contributed by atoms with Gasteiger partial charge in [0.25, 0.3) is 0 Å². The minimum absolute atomic E-state index is 0.271. The van der Waals surface area contributed by atoms with Crippen LogP contribution in [0.15, 0.2) is 42.7 Å². The molecule has 0 amide bonds. The van der Waals surface area contributed by atoms with E-state index < -0.39 is 0 Å². The maximum absolute atomic E-state index is 5.57. The van der Waals surface area contributed by atoms with Crippen molar-refractivity contribution in [3.63, 3.8) is 0 Å². The second-order valence-corrected chi connectivity index (χ2v) is 5.14. The van der Waals surface area contributed by atoms with Gasteiger partial charge in [-0.25, -0.2) is 0 Å². The predicted molar refractivity (Wildman–Crippen MR) is 85.3 cm³/mol. The Hall–Kier alpha value is -1.85. The van der Waals surface area contributed by atoms with Gasteiger partial charge in [-0.3, -0.25) is 4.68 Å². The van der Waals surface area contributed by atoms with Crippen LogP contribution in [-0.2, 0) is 11.3 Å². The molecule has 21 heavy (non-hydrogen) atoms. The van der Waals surface area contributed by atoms with Gasteiger partial charge in [-0.2, -0.15) is 5.10 Å². The van der Waals surface area contributed by atoms with E-state index in [2.05, 4.69) is 22.5 Å². The molecular formula is C16H24N4O. The zero-order chi connectivity index (χ0) is 14.9. The molecule has 1 aromatic carbocycles. The number of benzene rings is 1. The Morgan fingerprint density at radius 2 is 2.14 bits per heavy atom. The maximum atomic E-state index is 5.57. The van der Waals surface area contributed by atoms with Crippen LogP contribution in [0.2, 0.25) is 0 Å². The van der Waals surface area contributed by atoms with Crippen LogP contribution in [0.1, 0.15) is 18.4 Å². The van der Waals surface area contributed by atoms with E-state index in [1.54, 1.807) is 7.11 Å². The van der Waals surface area contributed by atoms with E-state index >= 15 is 0 Å². The minimum atomic E-state index is 0.271. The number of ether oxygens (including phenoxy) is 1. The molecule has 1 unspecified atom stereocenters. The number of nitrogens with two attached hydrogens (primary N) is 1. The van der Waals surface area contributed by atoms with Gasteiger partial charge in [-0.15, -0.1) is 0 Å². The normalized spacial score (nSPS) is 12.3. The molecule has 1 heterocycles. The lowest BCUT2D eigenvalue weighted by molar-refractivity contribution is 0.182. The SMILES string of the molecule is COCC(CCCN)Nc1cnn(Cc2ccccc2)c1. The van der Waals surface area contributed by atoms with Crippen LogP contribution in [0.25, 0.3) is 0 Å². The highest BCUT2D eigenvalue weighted by Crippen LogP contribution is 2.11. The van der Waals surface area contributed by atoms with Gasteiger partial charge in [0.2, 0.25) is 0 Å². The number of anilines is 1. The third-order valence-corrected chi connectivity index (χ3v) is 3.32. The molecule has 114 valence electrons. The van der Waals surface area contributed by atoms with Crippen molar-refractivity contribution in [3.8, 4) is 0 Å². The molecule has 0 aliphatic carbocycles. The van der Waals surface area contributed by atoms with Crippen molar-refractivity contribution in [2.75, 3.05) is 25.6 Å². The topological polar surface area (TPSA) is 65.1 Å². The van der Waals surface area contributed by atoms with Gasteiger partial charge in [-0.1, -0.05) is 30.3 Å². The number of rotatable bonds is 9. The van der Waals surface area contributed by atoms with Crippen molar-refractivity contribution in [1.29, 1.82) is 0 Å². The van der Waals surface area contributed by atoms with Gasteiger partial charge < -0.3 is 15.8 Å². The zero-order valence-electron chi connectivity index (χ0n) is 12.5. The molecule has 1 aromatic heterocycles. The molecule has 0 fully saturated rings. The molecule has 5 heteroatoms. The van der Waals surface area contributed by atoms with Crippen molar-refractivity contribution >= 4 is 5.69 Å². The van der Waals surface area contributed by atoms with E-state index in [-0.39, 0.29) is 6.04 Å². The molecule has 3 N–H and O–H groups in total. The molecule has 0 saturated heterocycles. The highest BCUT2D eigenvalue weighted by Gasteiger charge is 2.09. The molecule has 0 aliphatic rings. The Balaban J connectivity index is 1.92. The van der Waals surface area contributed by atoms with E-state index in [1.165, 1.54) is 5.56 Å². The summed E-state index contributed by atoms with van der Waals surface area (Å²) in [5.41, 5.74) is 7.83. The molecule has 5 nitrogen and oxygen atoms in total. The largest absolute Gasteiger partial charge is 0.383 e. The summed E-state index contributed by atoms with van der Waals surface area (Å²) in [5, 5.41) is 7.85. The molecule has 0 radical (unpaired) electrons. The molecule has 2 aromatic rings. The fourth-order valence-corrected chi connectivity index (χ4v) is 2.29.